The van der Waals surface area contributed by atoms with Gasteiger partial charge < -0.3 is 10.3 Å². The van der Waals surface area contributed by atoms with Gasteiger partial charge in [0, 0.05) is 33.0 Å². The van der Waals surface area contributed by atoms with Gasteiger partial charge in [0.15, 0.2) is 5.13 Å². The highest BCUT2D eigenvalue weighted by Crippen LogP contribution is 2.36. The molecule has 0 atom stereocenters. The van der Waals surface area contributed by atoms with Gasteiger partial charge in [-0.3, -0.25) is 14.9 Å². The minimum absolute atomic E-state index is 0.206. The Balaban J connectivity index is 1.25. The Morgan fingerprint density at radius 3 is 2.67 bits per heavy atom. The summed E-state index contributed by atoms with van der Waals surface area (Å²) in [5.41, 5.74) is 7.11. The van der Waals surface area contributed by atoms with E-state index in [0.29, 0.717) is 11.3 Å². The summed E-state index contributed by atoms with van der Waals surface area (Å²) in [6, 6.07) is 30.0. The van der Waals surface area contributed by atoms with Crippen LogP contribution in [0, 0.1) is 17.3 Å². The average Bonchev–Trinajstić information content (AvgIpc) is 3.71. The topological polar surface area (TPSA) is 86.5 Å². The Hall–Kier alpha value is -5.26. The van der Waals surface area contributed by atoms with Crippen molar-refractivity contribution in [2.45, 2.75) is 0 Å². The molecule has 0 aliphatic carbocycles. The van der Waals surface area contributed by atoms with Gasteiger partial charge in [-0.2, -0.15) is 9.49 Å². The fourth-order valence-electron chi connectivity index (χ4n) is 4.68. The van der Waals surface area contributed by atoms with Crippen molar-refractivity contribution in [2.75, 3.05) is 5.32 Å². The second kappa shape index (κ2) is 9.24. The summed E-state index contributed by atoms with van der Waals surface area (Å²) in [4.78, 5) is 21.2. The van der Waals surface area contributed by atoms with Crippen LogP contribution < -0.4 is 5.32 Å². The summed E-state index contributed by atoms with van der Waals surface area (Å²) < 4.78 is 13.7. The Kier molecular flexibility index (Phi) is 5.43. The molecule has 7 rings (SSSR count). The largest absolute Gasteiger partial charge is 0.352 e. The number of aromatic amines is 2. The molecule has 8 heteroatoms. The summed E-state index contributed by atoms with van der Waals surface area (Å²) in [5.74, 6) is -0.206. The van der Waals surface area contributed by atoms with E-state index in [0.717, 1.165) is 66.1 Å². The third kappa shape index (κ3) is 4.21. The highest BCUT2D eigenvalue weighted by atomic mass is 32.1. The molecule has 0 aliphatic rings. The molecule has 0 aliphatic heterocycles. The molecule has 0 saturated carbocycles. The molecular formula is C31H18FN5OS. The number of anilines is 1. The zero-order chi connectivity index (χ0) is 26.3. The van der Waals surface area contributed by atoms with Gasteiger partial charge in [0.1, 0.15) is 5.69 Å². The Morgan fingerprint density at radius 2 is 1.82 bits per heavy atom. The first-order valence-corrected chi connectivity index (χ1v) is 13.0. The fourth-order valence-corrected chi connectivity index (χ4v) is 5.43. The van der Waals surface area contributed by atoms with Crippen molar-refractivity contribution in [1.82, 2.24) is 20.2 Å². The summed E-state index contributed by atoms with van der Waals surface area (Å²) >= 11 is 1.09. The normalized spacial score (nSPS) is 11.1. The molecule has 0 bridgehead atoms. The zero-order valence-corrected chi connectivity index (χ0v) is 21.1. The highest BCUT2D eigenvalue weighted by molar-refractivity contribution is 7.14. The molecular weight excluding hydrogens is 509 g/mol. The van der Waals surface area contributed by atoms with E-state index in [1.54, 1.807) is 30.6 Å². The highest BCUT2D eigenvalue weighted by Gasteiger charge is 2.16. The van der Waals surface area contributed by atoms with Crippen LogP contribution in [0.4, 0.5) is 10.1 Å². The van der Waals surface area contributed by atoms with Crippen LogP contribution in [0.2, 0.25) is 0 Å². The number of halogens is 1. The lowest BCUT2D eigenvalue weighted by molar-refractivity contribution is 0.102. The van der Waals surface area contributed by atoms with Crippen LogP contribution in [0.25, 0.3) is 54.8 Å². The third-order valence-electron chi connectivity index (χ3n) is 6.55. The standard InChI is InChI=1S/C31H18FN5OS/c32-29-12-11-28(39-29)24-16-33-17-27-22(24)15-26(35-27)30-23-14-20(9-10-25(23)36-37-30)19-7-4-8-21(13-19)34-31(38)18-5-2-1-3-6-18/h1-3,5-7,9-17,35H,(H,34,38)(H,36,37). The predicted octanol–water partition coefficient (Wildman–Crippen LogP) is 7.49. The number of benzene rings is 2. The third-order valence-corrected chi connectivity index (χ3v) is 7.46. The number of nitrogens with one attached hydrogen (secondary N) is 3. The van der Waals surface area contributed by atoms with E-state index < -0.39 is 0 Å². The van der Waals surface area contributed by atoms with Gasteiger partial charge >= 0.3 is 0 Å². The maximum absolute atomic E-state index is 13.7. The lowest BCUT2D eigenvalue weighted by Crippen LogP contribution is -2.11. The number of H-pyrrole nitrogens is 2. The molecule has 0 spiro atoms. The van der Waals surface area contributed by atoms with Crippen LogP contribution in [0.1, 0.15) is 10.4 Å². The van der Waals surface area contributed by atoms with E-state index in [2.05, 4.69) is 43.7 Å². The number of fused-ring (bicyclic) bond motifs is 2. The van der Waals surface area contributed by atoms with E-state index in [9.17, 15) is 9.18 Å². The van der Waals surface area contributed by atoms with E-state index in [1.165, 1.54) is 6.07 Å². The fraction of sp³-hybridized carbons (Fsp3) is 0. The molecule has 0 radical (unpaired) electrons. The van der Waals surface area contributed by atoms with Crippen LogP contribution in [0.3, 0.4) is 0 Å². The molecule has 39 heavy (non-hydrogen) atoms. The SMILES string of the molecule is O=C(Nc1c#ccc(-c2ccc3[nH]nc(-c4cc5c(-c6ccc(F)s6)cncc5[nH]4)c3c2)c1)c1ccccc1. The zero-order valence-electron chi connectivity index (χ0n) is 20.2. The molecule has 6 nitrogen and oxygen atoms in total. The van der Waals surface area contributed by atoms with Crippen LogP contribution in [-0.4, -0.2) is 26.1 Å². The number of pyridine rings is 1. The van der Waals surface area contributed by atoms with Gasteiger partial charge in [-0.25, -0.2) is 0 Å². The second-order valence-corrected chi connectivity index (χ2v) is 10.0. The Bertz CT molecular complexity index is 1990. The molecule has 0 fully saturated rings. The maximum Gasteiger partial charge on any atom is 0.256 e. The Labute approximate surface area is 226 Å². The first-order chi connectivity index (χ1) is 19.1. The van der Waals surface area contributed by atoms with Crippen LogP contribution in [0.15, 0.2) is 91.3 Å². The molecule has 7 aromatic rings. The van der Waals surface area contributed by atoms with Crippen molar-refractivity contribution < 1.29 is 9.18 Å². The molecule has 4 heterocycles. The lowest BCUT2D eigenvalue weighted by atomic mass is 10.0. The smallest absolute Gasteiger partial charge is 0.256 e. The molecule has 3 N–H and O–H groups in total. The van der Waals surface area contributed by atoms with Crippen molar-refractivity contribution in [2.24, 2.45) is 0 Å². The minimum Gasteiger partial charge on any atom is -0.352 e. The summed E-state index contributed by atoms with van der Waals surface area (Å²) in [5, 5.41) is 12.2. The van der Waals surface area contributed by atoms with Crippen molar-refractivity contribution in [1.29, 1.82) is 0 Å². The molecule has 186 valence electrons. The second-order valence-electron chi connectivity index (χ2n) is 9.01. The predicted molar refractivity (Wildman–Crippen MR) is 152 cm³/mol. The maximum atomic E-state index is 13.7. The van der Waals surface area contributed by atoms with Crippen LogP contribution >= 0.6 is 11.3 Å². The van der Waals surface area contributed by atoms with Gasteiger partial charge in [-0.05, 0) is 71.8 Å². The number of hydrogen-bond acceptors (Lipinski definition) is 4. The minimum atomic E-state index is -0.234. The van der Waals surface area contributed by atoms with Crippen molar-refractivity contribution in [3.8, 4) is 33.0 Å². The Morgan fingerprint density at radius 1 is 0.923 bits per heavy atom. The first kappa shape index (κ1) is 22.9. The average molecular weight is 528 g/mol. The molecule has 0 saturated heterocycles. The van der Waals surface area contributed by atoms with Crippen LogP contribution in [-0.2, 0) is 0 Å². The van der Waals surface area contributed by atoms with Gasteiger partial charge in [-0.15, -0.1) is 11.3 Å². The van der Waals surface area contributed by atoms with E-state index in [1.807, 2.05) is 48.5 Å². The van der Waals surface area contributed by atoms with E-state index in [-0.39, 0.29) is 11.0 Å². The number of carbonyl (C=O) groups is 1. The summed E-state index contributed by atoms with van der Waals surface area (Å²) in [7, 11) is 0. The number of rotatable bonds is 5. The van der Waals surface area contributed by atoms with Gasteiger partial charge in [0.05, 0.1) is 28.6 Å². The van der Waals surface area contributed by atoms with Gasteiger partial charge in [0.25, 0.3) is 5.91 Å². The van der Waals surface area contributed by atoms with Crippen molar-refractivity contribution >= 4 is 44.7 Å². The number of carbonyl (C=O) groups excluding carboxylic acids is 1. The van der Waals surface area contributed by atoms with E-state index in [4.69, 9.17) is 0 Å². The molecule has 3 aromatic carbocycles. The lowest BCUT2D eigenvalue weighted by Gasteiger charge is -2.06. The van der Waals surface area contributed by atoms with Gasteiger partial charge in [-0.1, -0.05) is 30.3 Å². The van der Waals surface area contributed by atoms with E-state index >= 15 is 0 Å². The summed E-state index contributed by atoms with van der Waals surface area (Å²) in [6.45, 7) is 0. The van der Waals surface area contributed by atoms with Crippen molar-refractivity contribution in [3.63, 3.8) is 0 Å². The number of amides is 1. The van der Waals surface area contributed by atoms with Crippen LogP contribution in [0.5, 0.6) is 0 Å². The summed E-state index contributed by atoms with van der Waals surface area (Å²) in [6.07, 6.45) is 3.51. The van der Waals surface area contributed by atoms with Crippen molar-refractivity contribution in [3.05, 3.63) is 114 Å². The monoisotopic (exact) mass is 527 g/mol. The first-order valence-electron chi connectivity index (χ1n) is 12.1. The molecule has 1 amide bonds. The molecule has 0 unspecified atom stereocenters. The number of thiophene rings is 1. The number of hydrogen-bond donors (Lipinski definition) is 3. The number of aromatic nitrogens is 4. The number of nitrogens with zero attached hydrogens (tertiary/aromatic N) is 2. The quantitative estimate of drug-likeness (QED) is 0.217. The van der Waals surface area contributed by atoms with Gasteiger partial charge in [0.2, 0.25) is 0 Å². The molecule has 4 aromatic heterocycles.